The largest absolute Gasteiger partial charge is 0.383 e. The van der Waals surface area contributed by atoms with Gasteiger partial charge in [0.25, 0.3) is 5.16 Å². The van der Waals surface area contributed by atoms with E-state index < -0.39 is 9.84 Å². The maximum absolute atomic E-state index is 11.5. The number of nitrogens with two attached hydrogens (primary N) is 1. The summed E-state index contributed by atoms with van der Waals surface area (Å²) in [6.45, 7) is 0. The molecule has 0 saturated carbocycles. The van der Waals surface area contributed by atoms with Crippen LogP contribution in [0.15, 0.2) is 29.4 Å². The van der Waals surface area contributed by atoms with Crippen molar-refractivity contribution in [2.75, 3.05) is 12.0 Å². The lowest BCUT2D eigenvalue weighted by Gasteiger charge is -2.03. The van der Waals surface area contributed by atoms with Crippen LogP contribution in [0.1, 0.15) is 0 Å². The minimum absolute atomic E-state index is 0.0316. The fourth-order valence-corrected chi connectivity index (χ4v) is 2.70. The Morgan fingerprint density at radius 1 is 1.24 bits per heavy atom. The van der Waals surface area contributed by atoms with Crippen LogP contribution in [-0.2, 0) is 9.84 Å². The molecule has 0 unspecified atom stereocenters. The molecule has 3 aromatic rings. The van der Waals surface area contributed by atoms with E-state index in [2.05, 4.69) is 20.2 Å². The molecule has 0 aliphatic carbocycles. The molecule has 2 heterocycles. The van der Waals surface area contributed by atoms with Crippen molar-refractivity contribution in [3.63, 3.8) is 0 Å². The van der Waals surface area contributed by atoms with E-state index in [1.165, 1.54) is 0 Å². The first-order chi connectivity index (χ1) is 9.88. The van der Waals surface area contributed by atoms with E-state index >= 15 is 0 Å². The highest BCUT2D eigenvalue weighted by Crippen LogP contribution is 2.33. The van der Waals surface area contributed by atoms with Crippen LogP contribution in [0.2, 0.25) is 5.02 Å². The number of nitrogens with one attached hydrogen (secondary N) is 1. The lowest BCUT2D eigenvalue weighted by atomic mass is 10.1. The van der Waals surface area contributed by atoms with Gasteiger partial charge in [-0.2, -0.15) is 10.1 Å². The third kappa shape index (κ3) is 2.32. The van der Waals surface area contributed by atoms with Crippen LogP contribution in [-0.4, -0.2) is 34.8 Å². The number of halogens is 1. The maximum atomic E-state index is 11.5. The fourth-order valence-electron chi connectivity index (χ4n) is 1.95. The molecule has 0 saturated heterocycles. The standard InChI is InChI=1S/C12H10ClN5O2S/c1-21(19,20)12-15-10(14)8-9(17-18-11(8)16-12)6-4-2-3-5-7(6)13/h2-5H,1H3,(H3,14,15,16,17,18). The van der Waals surface area contributed by atoms with E-state index in [4.69, 9.17) is 17.3 Å². The highest BCUT2D eigenvalue weighted by molar-refractivity contribution is 7.90. The van der Waals surface area contributed by atoms with E-state index in [0.717, 1.165) is 6.26 Å². The molecule has 0 bridgehead atoms. The number of fused-ring (bicyclic) bond motifs is 1. The zero-order valence-electron chi connectivity index (χ0n) is 10.8. The predicted molar refractivity (Wildman–Crippen MR) is 79.7 cm³/mol. The van der Waals surface area contributed by atoms with Crippen LogP contribution in [0.5, 0.6) is 0 Å². The summed E-state index contributed by atoms with van der Waals surface area (Å²) in [6.07, 6.45) is 1.01. The SMILES string of the molecule is CS(=O)(=O)c1nc(N)c2c(-c3ccccc3Cl)n[nH]c2n1. The van der Waals surface area contributed by atoms with Gasteiger partial charge in [-0.15, -0.1) is 0 Å². The number of nitrogen functional groups attached to an aromatic ring is 1. The summed E-state index contributed by atoms with van der Waals surface area (Å²) in [5, 5.41) is 7.38. The lowest BCUT2D eigenvalue weighted by Crippen LogP contribution is -2.06. The van der Waals surface area contributed by atoms with Crippen molar-refractivity contribution in [1.29, 1.82) is 0 Å². The Kier molecular flexibility index (Phi) is 3.07. The average molecular weight is 324 g/mol. The number of aromatic nitrogens is 4. The number of sulfone groups is 1. The van der Waals surface area contributed by atoms with Gasteiger partial charge < -0.3 is 5.73 Å². The second-order valence-corrected chi connectivity index (χ2v) is 6.76. The van der Waals surface area contributed by atoms with Crippen LogP contribution in [0.25, 0.3) is 22.3 Å². The number of benzene rings is 1. The first-order valence-corrected chi connectivity index (χ1v) is 8.11. The highest BCUT2D eigenvalue weighted by atomic mass is 35.5. The monoisotopic (exact) mass is 323 g/mol. The molecule has 9 heteroatoms. The van der Waals surface area contributed by atoms with Gasteiger partial charge in [-0.3, -0.25) is 5.10 Å². The molecule has 0 spiro atoms. The molecule has 2 aromatic heterocycles. The van der Waals surface area contributed by atoms with Gasteiger partial charge in [0.1, 0.15) is 11.5 Å². The van der Waals surface area contributed by atoms with Crippen molar-refractivity contribution in [3.8, 4) is 11.3 Å². The third-order valence-electron chi connectivity index (χ3n) is 2.89. The summed E-state index contributed by atoms with van der Waals surface area (Å²) in [4.78, 5) is 7.78. The fraction of sp³-hybridized carbons (Fsp3) is 0.0833. The smallest absolute Gasteiger partial charge is 0.250 e. The van der Waals surface area contributed by atoms with Crippen LogP contribution in [0, 0.1) is 0 Å². The van der Waals surface area contributed by atoms with Crippen molar-refractivity contribution in [1.82, 2.24) is 20.2 Å². The van der Waals surface area contributed by atoms with Crippen molar-refractivity contribution < 1.29 is 8.42 Å². The molecule has 1 aromatic carbocycles. The van der Waals surface area contributed by atoms with Crippen LogP contribution < -0.4 is 5.73 Å². The number of aromatic amines is 1. The number of rotatable bonds is 2. The number of nitrogens with zero attached hydrogens (tertiary/aromatic N) is 3. The quantitative estimate of drug-likeness (QED) is 0.693. The Morgan fingerprint density at radius 3 is 2.62 bits per heavy atom. The Bertz CT molecular complexity index is 951. The molecule has 0 fully saturated rings. The summed E-state index contributed by atoms with van der Waals surface area (Å²) in [5.41, 5.74) is 7.26. The molecule has 0 amide bonds. The summed E-state index contributed by atoms with van der Waals surface area (Å²) in [6, 6.07) is 7.10. The summed E-state index contributed by atoms with van der Waals surface area (Å²) in [7, 11) is -3.56. The van der Waals surface area contributed by atoms with Crippen molar-refractivity contribution in [2.45, 2.75) is 5.16 Å². The molecule has 0 aliphatic heterocycles. The lowest BCUT2D eigenvalue weighted by molar-refractivity contribution is 0.594. The molecular formula is C12H10ClN5O2S. The van der Waals surface area contributed by atoms with Crippen molar-refractivity contribution in [3.05, 3.63) is 29.3 Å². The van der Waals surface area contributed by atoms with Crippen molar-refractivity contribution >= 4 is 38.3 Å². The summed E-state index contributed by atoms with van der Waals surface area (Å²) < 4.78 is 23.0. The molecule has 0 aliphatic rings. The topological polar surface area (TPSA) is 115 Å². The minimum atomic E-state index is -3.56. The van der Waals surface area contributed by atoms with Gasteiger partial charge in [0, 0.05) is 11.8 Å². The second-order valence-electron chi connectivity index (χ2n) is 4.44. The van der Waals surface area contributed by atoms with E-state index in [-0.39, 0.29) is 16.6 Å². The molecule has 21 heavy (non-hydrogen) atoms. The van der Waals surface area contributed by atoms with E-state index in [1.807, 2.05) is 6.07 Å². The molecule has 108 valence electrons. The van der Waals surface area contributed by atoms with E-state index in [1.54, 1.807) is 18.2 Å². The zero-order valence-corrected chi connectivity index (χ0v) is 12.4. The van der Waals surface area contributed by atoms with E-state index in [0.29, 0.717) is 21.7 Å². The Morgan fingerprint density at radius 2 is 1.95 bits per heavy atom. The van der Waals surface area contributed by atoms with Crippen LogP contribution in [0.4, 0.5) is 5.82 Å². The summed E-state index contributed by atoms with van der Waals surface area (Å²) >= 11 is 6.14. The van der Waals surface area contributed by atoms with Gasteiger partial charge in [0.15, 0.2) is 5.65 Å². The zero-order chi connectivity index (χ0) is 15.2. The summed E-state index contributed by atoms with van der Waals surface area (Å²) in [5.74, 6) is 0.0316. The van der Waals surface area contributed by atoms with Gasteiger partial charge in [0.05, 0.1) is 10.4 Å². The highest BCUT2D eigenvalue weighted by Gasteiger charge is 2.20. The van der Waals surface area contributed by atoms with Crippen LogP contribution >= 0.6 is 11.6 Å². The Hall–Kier alpha value is -2.19. The average Bonchev–Trinajstić information content (AvgIpc) is 2.82. The number of anilines is 1. The minimum Gasteiger partial charge on any atom is -0.383 e. The molecule has 0 radical (unpaired) electrons. The van der Waals surface area contributed by atoms with Gasteiger partial charge in [-0.25, -0.2) is 13.4 Å². The number of H-pyrrole nitrogens is 1. The van der Waals surface area contributed by atoms with Gasteiger partial charge in [-0.1, -0.05) is 29.8 Å². The normalized spacial score (nSPS) is 11.9. The number of hydrogen-bond donors (Lipinski definition) is 2. The molecule has 0 atom stereocenters. The predicted octanol–water partition coefficient (Wildman–Crippen LogP) is 1.66. The first kappa shape index (κ1) is 13.8. The molecule has 3 rings (SSSR count). The Balaban J connectivity index is 2.32. The second kappa shape index (κ2) is 4.68. The van der Waals surface area contributed by atoms with Crippen molar-refractivity contribution in [2.24, 2.45) is 0 Å². The molecule has 3 N–H and O–H groups in total. The molecular weight excluding hydrogens is 314 g/mol. The third-order valence-corrected chi connectivity index (χ3v) is 4.06. The maximum Gasteiger partial charge on any atom is 0.250 e. The first-order valence-electron chi connectivity index (χ1n) is 5.84. The number of hydrogen-bond acceptors (Lipinski definition) is 6. The Labute approximate surface area is 125 Å². The van der Waals surface area contributed by atoms with Gasteiger partial charge in [-0.05, 0) is 6.07 Å². The van der Waals surface area contributed by atoms with Gasteiger partial charge >= 0.3 is 0 Å². The molecule has 7 nitrogen and oxygen atoms in total. The van der Waals surface area contributed by atoms with Gasteiger partial charge in [0.2, 0.25) is 9.84 Å². The van der Waals surface area contributed by atoms with E-state index in [9.17, 15) is 8.42 Å². The van der Waals surface area contributed by atoms with Crippen LogP contribution in [0.3, 0.4) is 0 Å².